The van der Waals surface area contributed by atoms with Crippen molar-refractivity contribution in [2.45, 2.75) is 26.9 Å². The van der Waals surface area contributed by atoms with E-state index in [-0.39, 0.29) is 0 Å². The molecule has 0 fully saturated rings. The SMILES string of the molecule is CCNCc1nnc(NCc2sccc2C)o1. The lowest BCUT2D eigenvalue weighted by Crippen LogP contribution is -2.11. The van der Waals surface area contributed by atoms with Crippen LogP contribution in [0.15, 0.2) is 15.9 Å². The van der Waals surface area contributed by atoms with Crippen molar-refractivity contribution in [3.05, 3.63) is 27.8 Å². The highest BCUT2D eigenvalue weighted by Gasteiger charge is 2.06. The van der Waals surface area contributed by atoms with E-state index in [1.54, 1.807) is 11.3 Å². The topological polar surface area (TPSA) is 63.0 Å². The van der Waals surface area contributed by atoms with Crippen LogP contribution in [0.25, 0.3) is 0 Å². The zero-order chi connectivity index (χ0) is 12.1. The molecule has 5 nitrogen and oxygen atoms in total. The molecule has 0 amide bonds. The molecular formula is C11H16N4OS. The molecule has 0 aliphatic heterocycles. The third-order valence-corrected chi connectivity index (χ3v) is 3.38. The molecule has 2 heterocycles. The highest BCUT2D eigenvalue weighted by atomic mass is 32.1. The summed E-state index contributed by atoms with van der Waals surface area (Å²) in [5.74, 6) is 0.609. The Bertz CT molecular complexity index is 465. The Balaban J connectivity index is 1.87. The van der Waals surface area contributed by atoms with Crippen LogP contribution in [0.2, 0.25) is 0 Å². The summed E-state index contributed by atoms with van der Waals surface area (Å²) in [7, 11) is 0. The number of anilines is 1. The van der Waals surface area contributed by atoms with Crippen LogP contribution in [0.1, 0.15) is 23.3 Å². The quantitative estimate of drug-likeness (QED) is 0.825. The molecule has 17 heavy (non-hydrogen) atoms. The molecule has 2 rings (SSSR count). The summed E-state index contributed by atoms with van der Waals surface area (Å²) in [5.41, 5.74) is 1.29. The van der Waals surface area contributed by atoms with E-state index >= 15 is 0 Å². The first kappa shape index (κ1) is 12.1. The Morgan fingerprint density at radius 3 is 2.94 bits per heavy atom. The van der Waals surface area contributed by atoms with E-state index in [1.807, 2.05) is 6.92 Å². The van der Waals surface area contributed by atoms with Crippen molar-refractivity contribution in [3.63, 3.8) is 0 Å². The third kappa shape index (κ3) is 3.28. The van der Waals surface area contributed by atoms with Crippen LogP contribution in [-0.4, -0.2) is 16.7 Å². The first-order valence-corrected chi connectivity index (χ1v) is 6.47. The first-order valence-electron chi connectivity index (χ1n) is 5.59. The van der Waals surface area contributed by atoms with E-state index in [1.165, 1.54) is 10.4 Å². The Morgan fingerprint density at radius 2 is 2.24 bits per heavy atom. The van der Waals surface area contributed by atoms with Crippen molar-refractivity contribution in [2.75, 3.05) is 11.9 Å². The lowest BCUT2D eigenvalue weighted by molar-refractivity contribution is 0.481. The Labute approximate surface area is 104 Å². The second kappa shape index (κ2) is 5.79. The molecule has 0 saturated heterocycles. The second-order valence-corrected chi connectivity index (χ2v) is 4.66. The molecule has 2 aromatic rings. The monoisotopic (exact) mass is 252 g/mol. The maximum Gasteiger partial charge on any atom is 0.315 e. The fourth-order valence-corrected chi connectivity index (χ4v) is 2.22. The van der Waals surface area contributed by atoms with Crippen molar-refractivity contribution in [1.29, 1.82) is 0 Å². The van der Waals surface area contributed by atoms with Crippen molar-refractivity contribution >= 4 is 17.4 Å². The fraction of sp³-hybridized carbons (Fsp3) is 0.455. The molecule has 0 spiro atoms. The molecule has 0 radical (unpaired) electrons. The van der Waals surface area contributed by atoms with Gasteiger partial charge in [0.1, 0.15) is 0 Å². The summed E-state index contributed by atoms with van der Waals surface area (Å²) < 4.78 is 5.43. The lowest BCUT2D eigenvalue weighted by atomic mass is 10.3. The van der Waals surface area contributed by atoms with Crippen LogP contribution >= 0.6 is 11.3 Å². The largest absolute Gasteiger partial charge is 0.407 e. The maximum absolute atomic E-state index is 5.43. The van der Waals surface area contributed by atoms with Gasteiger partial charge in [-0.1, -0.05) is 12.0 Å². The summed E-state index contributed by atoms with van der Waals surface area (Å²) in [4.78, 5) is 1.29. The smallest absolute Gasteiger partial charge is 0.315 e. The van der Waals surface area contributed by atoms with Crippen molar-refractivity contribution in [3.8, 4) is 0 Å². The summed E-state index contributed by atoms with van der Waals surface area (Å²) in [6.45, 7) is 6.36. The first-order chi connectivity index (χ1) is 8.29. The number of nitrogens with zero attached hydrogens (tertiary/aromatic N) is 2. The van der Waals surface area contributed by atoms with E-state index in [2.05, 4.69) is 39.2 Å². The molecule has 0 unspecified atom stereocenters. The summed E-state index contributed by atoms with van der Waals surface area (Å²) in [6, 6.07) is 2.58. The van der Waals surface area contributed by atoms with Crippen molar-refractivity contribution in [1.82, 2.24) is 15.5 Å². The van der Waals surface area contributed by atoms with Gasteiger partial charge in [0.25, 0.3) is 0 Å². The van der Waals surface area contributed by atoms with Crippen LogP contribution in [-0.2, 0) is 13.1 Å². The molecule has 0 bridgehead atoms. The molecule has 92 valence electrons. The lowest BCUT2D eigenvalue weighted by Gasteiger charge is -1.99. The minimum Gasteiger partial charge on any atom is -0.407 e. The maximum atomic E-state index is 5.43. The van der Waals surface area contributed by atoms with Crippen LogP contribution in [0, 0.1) is 6.92 Å². The van der Waals surface area contributed by atoms with E-state index in [0.29, 0.717) is 18.5 Å². The van der Waals surface area contributed by atoms with E-state index in [4.69, 9.17) is 4.42 Å². The van der Waals surface area contributed by atoms with Gasteiger partial charge in [0.15, 0.2) is 0 Å². The number of rotatable bonds is 6. The van der Waals surface area contributed by atoms with Gasteiger partial charge in [-0.05, 0) is 30.5 Å². The standard InChI is InChI=1S/C11H16N4OS/c1-3-12-7-10-14-15-11(16-10)13-6-9-8(2)4-5-17-9/h4-5,12H,3,6-7H2,1-2H3,(H,13,15). The predicted octanol–water partition coefficient (Wildman–Crippen LogP) is 2.16. The van der Waals surface area contributed by atoms with E-state index < -0.39 is 0 Å². The molecule has 0 aliphatic carbocycles. The molecule has 0 atom stereocenters. The molecule has 2 N–H and O–H groups in total. The van der Waals surface area contributed by atoms with Crippen LogP contribution in [0.3, 0.4) is 0 Å². The Hall–Kier alpha value is -1.40. The van der Waals surface area contributed by atoms with Gasteiger partial charge in [0, 0.05) is 4.88 Å². The van der Waals surface area contributed by atoms with Gasteiger partial charge in [0.2, 0.25) is 5.89 Å². The normalized spacial score (nSPS) is 10.7. The number of hydrogen-bond acceptors (Lipinski definition) is 6. The van der Waals surface area contributed by atoms with Crippen molar-refractivity contribution < 1.29 is 4.42 Å². The van der Waals surface area contributed by atoms with Gasteiger partial charge in [-0.2, -0.15) is 0 Å². The van der Waals surface area contributed by atoms with Gasteiger partial charge >= 0.3 is 6.01 Å². The van der Waals surface area contributed by atoms with Gasteiger partial charge in [-0.15, -0.1) is 16.4 Å². The summed E-state index contributed by atoms with van der Waals surface area (Å²) >= 11 is 1.72. The zero-order valence-corrected chi connectivity index (χ0v) is 10.8. The Morgan fingerprint density at radius 1 is 1.35 bits per heavy atom. The molecule has 0 saturated carbocycles. The van der Waals surface area contributed by atoms with Crippen molar-refractivity contribution in [2.24, 2.45) is 0 Å². The van der Waals surface area contributed by atoms with E-state index in [9.17, 15) is 0 Å². The van der Waals surface area contributed by atoms with E-state index in [0.717, 1.165) is 13.1 Å². The third-order valence-electron chi connectivity index (χ3n) is 2.36. The number of hydrogen-bond donors (Lipinski definition) is 2. The minimum absolute atomic E-state index is 0.478. The summed E-state index contributed by atoms with van der Waals surface area (Å²) in [6.07, 6.45) is 0. The van der Waals surface area contributed by atoms with Gasteiger partial charge in [-0.25, -0.2) is 0 Å². The Kier molecular flexibility index (Phi) is 4.11. The molecule has 6 heteroatoms. The molecular weight excluding hydrogens is 236 g/mol. The fourth-order valence-electron chi connectivity index (χ4n) is 1.37. The molecule has 0 aliphatic rings. The summed E-state index contributed by atoms with van der Waals surface area (Å²) in [5, 5.41) is 16.2. The van der Waals surface area contributed by atoms with Gasteiger partial charge in [-0.3, -0.25) is 0 Å². The molecule has 0 aromatic carbocycles. The van der Waals surface area contributed by atoms with Gasteiger partial charge < -0.3 is 15.1 Å². The number of thiophene rings is 1. The number of nitrogens with one attached hydrogen (secondary N) is 2. The molecule has 2 aromatic heterocycles. The highest BCUT2D eigenvalue weighted by Crippen LogP contribution is 2.17. The van der Waals surface area contributed by atoms with Crippen LogP contribution < -0.4 is 10.6 Å². The number of aromatic nitrogens is 2. The van der Waals surface area contributed by atoms with Crippen LogP contribution in [0.5, 0.6) is 0 Å². The average Bonchev–Trinajstić information content (AvgIpc) is 2.93. The average molecular weight is 252 g/mol. The van der Waals surface area contributed by atoms with Crippen LogP contribution in [0.4, 0.5) is 6.01 Å². The second-order valence-electron chi connectivity index (χ2n) is 3.66. The van der Waals surface area contributed by atoms with Gasteiger partial charge in [0.05, 0.1) is 13.1 Å². The minimum atomic E-state index is 0.478. The number of aryl methyl sites for hydroxylation is 1. The highest BCUT2D eigenvalue weighted by molar-refractivity contribution is 7.10. The zero-order valence-electron chi connectivity index (χ0n) is 9.99. The predicted molar refractivity (Wildman–Crippen MR) is 68.1 cm³/mol.